The van der Waals surface area contributed by atoms with Crippen LogP contribution in [0.2, 0.25) is 0 Å². The Bertz CT molecular complexity index is 764. The van der Waals surface area contributed by atoms with Gasteiger partial charge in [0, 0.05) is 0 Å². The summed E-state index contributed by atoms with van der Waals surface area (Å²) < 4.78 is 39.9. The van der Waals surface area contributed by atoms with Gasteiger partial charge in [0.1, 0.15) is 11.8 Å². The Balaban J connectivity index is 2.00. The molecule has 0 heterocycles. The van der Waals surface area contributed by atoms with E-state index >= 15 is 0 Å². The first kappa shape index (κ1) is 17.0. The number of amidine groups is 1. The van der Waals surface area contributed by atoms with Gasteiger partial charge in [-0.3, -0.25) is 5.43 Å². The van der Waals surface area contributed by atoms with Crippen LogP contribution in [-0.2, 0) is 0 Å². The van der Waals surface area contributed by atoms with E-state index < -0.39 is 6.36 Å². The van der Waals surface area contributed by atoms with E-state index in [1.807, 2.05) is 6.07 Å². The molecule has 122 valence electrons. The highest BCUT2D eigenvalue weighted by atomic mass is 19.4. The summed E-state index contributed by atoms with van der Waals surface area (Å²) in [5, 5.41) is 20.2. The molecule has 0 aliphatic carbocycles. The largest absolute Gasteiger partial charge is 0.573 e. The summed E-state index contributed by atoms with van der Waals surface area (Å²) in [6, 6.07) is 15.3. The molecule has 24 heavy (non-hydrogen) atoms. The lowest BCUT2D eigenvalue weighted by molar-refractivity contribution is -0.274. The van der Waals surface area contributed by atoms with Crippen molar-refractivity contribution in [2.45, 2.75) is 6.36 Å². The van der Waals surface area contributed by atoms with E-state index in [0.29, 0.717) is 11.4 Å². The molecule has 0 aliphatic heterocycles. The number of rotatable bonds is 4. The van der Waals surface area contributed by atoms with Gasteiger partial charge >= 0.3 is 6.36 Å². The Labute approximate surface area is 134 Å². The summed E-state index contributed by atoms with van der Waals surface area (Å²) >= 11 is 0. The summed E-state index contributed by atoms with van der Waals surface area (Å²) in [4.78, 5) is 0. The molecule has 0 saturated heterocycles. The molecule has 2 aromatic rings. The Morgan fingerprint density at radius 3 is 2.29 bits per heavy atom. The monoisotopic (exact) mass is 333 g/mol. The Kier molecular flexibility index (Phi) is 5.46. The molecule has 0 unspecified atom stereocenters. The van der Waals surface area contributed by atoms with Gasteiger partial charge in [0.05, 0.1) is 11.4 Å². The van der Waals surface area contributed by atoms with Crippen LogP contribution in [-0.4, -0.2) is 12.2 Å². The number of benzene rings is 2. The van der Waals surface area contributed by atoms with Crippen LogP contribution >= 0.6 is 0 Å². The molecule has 0 saturated carbocycles. The van der Waals surface area contributed by atoms with Crippen molar-refractivity contribution in [3.63, 3.8) is 0 Å². The molecule has 0 spiro atoms. The summed E-state index contributed by atoms with van der Waals surface area (Å²) in [7, 11) is 0. The zero-order valence-electron chi connectivity index (χ0n) is 12.0. The number of nitrogens with one attached hydrogen (secondary N) is 1. The zero-order chi connectivity index (χ0) is 17.4. The van der Waals surface area contributed by atoms with Crippen LogP contribution in [0.5, 0.6) is 5.75 Å². The molecule has 2 aromatic carbocycles. The summed E-state index contributed by atoms with van der Waals surface area (Å²) in [5.74, 6) is -0.601. The molecule has 0 bridgehead atoms. The third kappa shape index (κ3) is 5.76. The van der Waals surface area contributed by atoms with Crippen LogP contribution in [0, 0.1) is 11.3 Å². The molecular weight excluding hydrogens is 323 g/mol. The van der Waals surface area contributed by atoms with E-state index in [9.17, 15) is 13.2 Å². The minimum absolute atomic E-state index is 0.241. The van der Waals surface area contributed by atoms with Gasteiger partial charge in [0.25, 0.3) is 5.84 Å². The number of hydrogen-bond acceptors (Lipinski definition) is 5. The van der Waals surface area contributed by atoms with Crippen LogP contribution < -0.4 is 10.2 Å². The highest BCUT2D eigenvalue weighted by molar-refractivity contribution is 5.97. The van der Waals surface area contributed by atoms with Gasteiger partial charge in [-0.15, -0.1) is 28.5 Å². The van der Waals surface area contributed by atoms with Gasteiger partial charge < -0.3 is 4.74 Å². The lowest BCUT2D eigenvalue weighted by Crippen LogP contribution is -2.16. The second-order valence-corrected chi connectivity index (χ2v) is 4.27. The van der Waals surface area contributed by atoms with Gasteiger partial charge in [-0.2, -0.15) is 5.26 Å². The fourth-order valence-electron chi connectivity index (χ4n) is 1.52. The molecule has 9 heteroatoms. The maximum atomic E-state index is 12.0. The Hall–Kier alpha value is -3.41. The highest BCUT2D eigenvalue weighted by Crippen LogP contribution is 2.23. The summed E-state index contributed by atoms with van der Waals surface area (Å²) in [6.45, 7) is 0. The van der Waals surface area contributed by atoms with Crippen molar-refractivity contribution in [2.75, 3.05) is 5.43 Å². The number of halogens is 3. The molecule has 0 radical (unpaired) electrons. The Morgan fingerprint density at radius 1 is 1.04 bits per heavy atom. The van der Waals surface area contributed by atoms with E-state index in [1.165, 1.54) is 12.1 Å². The fraction of sp³-hybridized carbons (Fsp3) is 0.0667. The molecule has 1 N–H and O–H groups in total. The van der Waals surface area contributed by atoms with E-state index in [-0.39, 0.29) is 11.6 Å². The van der Waals surface area contributed by atoms with Crippen molar-refractivity contribution in [2.24, 2.45) is 15.3 Å². The molecule has 2 rings (SSSR count). The number of anilines is 1. The van der Waals surface area contributed by atoms with Gasteiger partial charge in [-0.25, -0.2) is 0 Å². The summed E-state index contributed by atoms with van der Waals surface area (Å²) in [6.07, 6.45) is -4.75. The molecular formula is C15H10F3N5O. The van der Waals surface area contributed by atoms with Crippen molar-refractivity contribution in [3.8, 4) is 11.8 Å². The van der Waals surface area contributed by atoms with E-state index in [4.69, 9.17) is 5.26 Å². The van der Waals surface area contributed by atoms with Gasteiger partial charge in [-0.05, 0) is 36.4 Å². The number of ether oxygens (including phenoxy) is 1. The minimum Gasteiger partial charge on any atom is -0.406 e. The van der Waals surface area contributed by atoms with Gasteiger partial charge in [0.15, 0.2) is 0 Å². The number of azo groups is 1. The first-order valence-corrected chi connectivity index (χ1v) is 6.53. The van der Waals surface area contributed by atoms with Crippen LogP contribution in [0.1, 0.15) is 0 Å². The smallest absolute Gasteiger partial charge is 0.406 e. The van der Waals surface area contributed by atoms with Crippen LogP contribution in [0.25, 0.3) is 0 Å². The third-order valence-corrected chi connectivity index (χ3v) is 2.50. The molecule has 0 amide bonds. The standard InChI is InChI=1S/C15H10F3N5O/c16-15(17,18)24-13-8-6-12(7-9-13)21-23-14(10-19)22-20-11-4-2-1-3-5-11/h1-9,21H/b22-20+,23-14+. The lowest BCUT2D eigenvalue weighted by Gasteiger charge is -2.08. The van der Waals surface area contributed by atoms with E-state index in [0.717, 1.165) is 12.1 Å². The number of alkyl halides is 3. The normalized spacial score (nSPS) is 12.0. The second-order valence-electron chi connectivity index (χ2n) is 4.27. The summed E-state index contributed by atoms with van der Waals surface area (Å²) in [5.41, 5.74) is 3.40. The number of nitriles is 1. The van der Waals surface area contributed by atoms with Crippen molar-refractivity contribution in [1.82, 2.24) is 0 Å². The average Bonchev–Trinajstić information content (AvgIpc) is 2.56. The predicted octanol–water partition coefficient (Wildman–Crippen LogP) is 4.62. The first-order valence-electron chi connectivity index (χ1n) is 6.53. The molecule has 6 nitrogen and oxygen atoms in total. The topological polar surface area (TPSA) is 82.1 Å². The van der Waals surface area contributed by atoms with E-state index in [2.05, 4.69) is 25.5 Å². The number of nitrogens with zero attached hydrogens (tertiary/aromatic N) is 4. The maximum Gasteiger partial charge on any atom is 0.573 e. The quantitative estimate of drug-likeness (QED) is 0.384. The molecule has 0 atom stereocenters. The molecule has 0 aromatic heterocycles. The van der Waals surface area contributed by atoms with Crippen molar-refractivity contribution in [3.05, 3.63) is 54.6 Å². The molecule has 0 fully saturated rings. The molecule has 0 aliphatic rings. The number of hydrazone groups is 1. The second kappa shape index (κ2) is 7.73. The minimum atomic E-state index is -4.75. The zero-order valence-corrected chi connectivity index (χ0v) is 12.0. The van der Waals surface area contributed by atoms with E-state index in [1.54, 1.807) is 30.3 Å². The fourth-order valence-corrected chi connectivity index (χ4v) is 1.52. The SMILES string of the molecule is N#CC(/N=N/c1ccccc1)=N\Nc1ccc(OC(F)(F)F)cc1. The average molecular weight is 333 g/mol. The number of hydrogen-bond donors (Lipinski definition) is 1. The van der Waals surface area contributed by atoms with Crippen molar-refractivity contribution >= 4 is 17.2 Å². The first-order chi connectivity index (χ1) is 11.5. The van der Waals surface area contributed by atoms with Crippen molar-refractivity contribution in [1.29, 1.82) is 5.26 Å². The predicted molar refractivity (Wildman–Crippen MR) is 80.8 cm³/mol. The Morgan fingerprint density at radius 2 is 1.71 bits per heavy atom. The van der Waals surface area contributed by atoms with Gasteiger partial charge in [0.2, 0.25) is 0 Å². The van der Waals surface area contributed by atoms with Gasteiger partial charge in [-0.1, -0.05) is 18.2 Å². The third-order valence-electron chi connectivity index (χ3n) is 2.50. The van der Waals surface area contributed by atoms with Crippen LogP contribution in [0.15, 0.2) is 69.9 Å². The lowest BCUT2D eigenvalue weighted by atomic mass is 10.3. The van der Waals surface area contributed by atoms with Crippen LogP contribution in [0.3, 0.4) is 0 Å². The van der Waals surface area contributed by atoms with Crippen LogP contribution in [0.4, 0.5) is 24.5 Å². The van der Waals surface area contributed by atoms with Crippen molar-refractivity contribution < 1.29 is 17.9 Å². The highest BCUT2D eigenvalue weighted by Gasteiger charge is 2.30. The maximum absolute atomic E-state index is 12.0.